The lowest BCUT2D eigenvalue weighted by atomic mass is 9.83. The Morgan fingerprint density at radius 2 is 1.51 bits per heavy atom. The number of hydrogen-bond acceptors (Lipinski definition) is 8. The highest BCUT2D eigenvalue weighted by Crippen LogP contribution is 2.46. The van der Waals surface area contributed by atoms with Gasteiger partial charge in [0.25, 0.3) is 0 Å². The maximum atomic E-state index is 13.1. The maximum Gasteiger partial charge on any atom is 0.338 e. The van der Waals surface area contributed by atoms with Crippen molar-refractivity contribution < 1.29 is 43.1 Å². The second-order valence-electron chi connectivity index (χ2n) is 13.1. The van der Waals surface area contributed by atoms with Crippen LogP contribution in [0.15, 0.2) is 60.7 Å². The summed E-state index contributed by atoms with van der Waals surface area (Å²) in [6.45, 7) is 19.5. The van der Waals surface area contributed by atoms with Gasteiger partial charge in [-0.3, -0.25) is 0 Å². The molecule has 0 bridgehead atoms. The zero-order valence-electron chi connectivity index (χ0n) is 28.3. The van der Waals surface area contributed by atoms with Crippen molar-refractivity contribution in [3.8, 4) is 11.5 Å². The van der Waals surface area contributed by atoms with E-state index in [1.54, 1.807) is 0 Å². The molecule has 0 saturated carbocycles. The van der Waals surface area contributed by atoms with Crippen molar-refractivity contribution in [2.24, 2.45) is 0 Å². The molecule has 3 aromatic carbocycles. The highest BCUT2D eigenvalue weighted by Gasteiger charge is 2.36. The predicted molar refractivity (Wildman–Crippen MR) is 172 cm³/mol. The average Bonchev–Trinajstić information content (AvgIpc) is 2.97. The predicted octanol–water partition coefficient (Wildman–Crippen LogP) is 1.80. The van der Waals surface area contributed by atoms with Crippen LogP contribution in [0.4, 0.5) is 5.69 Å². The Hall–Kier alpha value is -3.99. The lowest BCUT2D eigenvalue weighted by molar-refractivity contribution is -2.00. The van der Waals surface area contributed by atoms with Crippen LogP contribution in [0.3, 0.4) is 0 Å². The van der Waals surface area contributed by atoms with E-state index >= 15 is 0 Å². The number of rotatable bonds is 4. The van der Waals surface area contributed by atoms with Crippen molar-refractivity contribution in [2.45, 2.75) is 66.5 Å². The van der Waals surface area contributed by atoms with E-state index in [0.717, 1.165) is 46.5 Å². The van der Waals surface area contributed by atoms with Gasteiger partial charge in [0, 0.05) is 59.6 Å². The molecule has 0 aliphatic carbocycles. The van der Waals surface area contributed by atoms with E-state index in [4.69, 9.17) is 28.1 Å². The molecular formula is C37H41ClN2O7. The molecule has 3 heterocycles. The van der Waals surface area contributed by atoms with Crippen molar-refractivity contribution in [1.29, 1.82) is 0 Å². The molecule has 10 heteroatoms. The third-order valence-electron chi connectivity index (χ3n) is 9.15. The van der Waals surface area contributed by atoms with Crippen LogP contribution >= 0.6 is 0 Å². The van der Waals surface area contributed by atoms with Crippen molar-refractivity contribution in [2.75, 3.05) is 25.1 Å². The van der Waals surface area contributed by atoms with Gasteiger partial charge in [0.2, 0.25) is 5.36 Å². The van der Waals surface area contributed by atoms with Crippen LogP contribution in [0.2, 0.25) is 0 Å². The summed E-state index contributed by atoms with van der Waals surface area (Å²) in [6.07, 6.45) is 4.69. The Balaban J connectivity index is 0.000000807. The monoisotopic (exact) mass is 660 g/mol. The van der Waals surface area contributed by atoms with Crippen LogP contribution < -0.4 is 43.4 Å². The third-order valence-corrected chi connectivity index (χ3v) is 9.15. The number of benzene rings is 3. The highest BCUT2D eigenvalue weighted by atomic mass is 35.7. The van der Waals surface area contributed by atoms with Gasteiger partial charge in [-0.05, 0) is 82.5 Å². The number of ether oxygens (including phenoxy) is 2. The fourth-order valence-electron chi connectivity index (χ4n) is 7.47. The first-order valence-corrected chi connectivity index (χ1v) is 16.8. The summed E-state index contributed by atoms with van der Waals surface area (Å²) in [5.41, 5.74) is 9.11. The van der Waals surface area contributed by atoms with E-state index in [0.29, 0.717) is 5.56 Å². The molecule has 9 nitrogen and oxygen atoms in total. The first-order valence-electron chi connectivity index (χ1n) is 15.6. The van der Waals surface area contributed by atoms with Gasteiger partial charge < -0.3 is 14.4 Å². The average molecular weight is 661 g/mol. The summed E-state index contributed by atoms with van der Waals surface area (Å²) >= 11 is 0. The van der Waals surface area contributed by atoms with Gasteiger partial charge in [-0.1, -0.05) is 24.3 Å². The van der Waals surface area contributed by atoms with E-state index in [-0.39, 0.29) is 17.0 Å². The fraction of sp³-hybridized carbons (Fsp3) is 0.351. The van der Waals surface area contributed by atoms with Gasteiger partial charge in [0.15, 0.2) is 5.54 Å². The van der Waals surface area contributed by atoms with Crippen LogP contribution in [0.5, 0.6) is 11.5 Å². The minimum atomic E-state index is -4.94. The number of anilines is 1. The Labute approximate surface area is 277 Å². The van der Waals surface area contributed by atoms with Crippen LogP contribution in [0.1, 0.15) is 88.0 Å². The van der Waals surface area contributed by atoms with Gasteiger partial charge in [0.1, 0.15) is 18.0 Å². The number of carbonyl (C=O) groups excluding carboxylic acids is 1. The van der Waals surface area contributed by atoms with Crippen molar-refractivity contribution in [3.63, 3.8) is 0 Å². The summed E-state index contributed by atoms with van der Waals surface area (Å²) in [5, 5.41) is 2.14. The molecule has 3 aliphatic heterocycles. The Bertz CT molecular complexity index is 1960. The smallest absolute Gasteiger partial charge is 0.338 e. The summed E-state index contributed by atoms with van der Waals surface area (Å²) in [5.74, 6) is 1.24. The number of carbonyl (C=O) groups is 1. The molecule has 0 saturated heterocycles. The number of methoxy groups -OCH3 is 1. The SMILES string of the molecule is CCN1c2cc3c(cc2C(C)=CC1(C)C)C(c1ccccc1C(=O)OC)=c1cc2c(cc1O3)=[N+](CC)C(C)(C)C=C2C.[O-][Cl+3]([O-])([O-])[O-]. The molecule has 0 N–H and O–H groups in total. The number of fused-ring (bicyclic) bond motifs is 4. The lowest BCUT2D eigenvalue weighted by Crippen LogP contribution is -2.68. The van der Waals surface area contributed by atoms with E-state index in [2.05, 4.69) is 101 Å². The zero-order valence-corrected chi connectivity index (χ0v) is 29.1. The van der Waals surface area contributed by atoms with Gasteiger partial charge in [-0.2, -0.15) is 0 Å². The number of likely N-dealkylation sites (N-methyl/N-ethyl adjacent to an activating group) is 2. The molecule has 0 amide bonds. The number of nitrogens with zero attached hydrogens (tertiary/aromatic N) is 2. The molecule has 6 rings (SSSR count). The summed E-state index contributed by atoms with van der Waals surface area (Å²) in [6, 6.07) is 16.6. The van der Waals surface area contributed by atoms with Crippen LogP contribution in [0, 0.1) is 10.2 Å². The van der Waals surface area contributed by atoms with E-state index < -0.39 is 10.2 Å². The van der Waals surface area contributed by atoms with Crippen LogP contribution in [0.25, 0.3) is 16.7 Å². The van der Waals surface area contributed by atoms with E-state index in [9.17, 15) is 4.79 Å². The molecule has 0 spiro atoms. The quantitative estimate of drug-likeness (QED) is 0.239. The van der Waals surface area contributed by atoms with E-state index in [1.807, 2.05) is 24.3 Å². The number of esters is 1. The molecule has 3 aromatic rings. The molecule has 0 fully saturated rings. The van der Waals surface area contributed by atoms with Gasteiger partial charge in [-0.15, -0.1) is 10.2 Å². The second kappa shape index (κ2) is 12.2. The molecule has 0 unspecified atom stereocenters. The number of halogens is 1. The topological polar surface area (TPSA) is 134 Å². The fourth-order valence-corrected chi connectivity index (χ4v) is 7.47. The normalized spacial score (nSPS) is 17.1. The highest BCUT2D eigenvalue weighted by molar-refractivity contribution is 6.00. The standard InChI is InChI=1S/C37H41N2O3.ClHO4/c1-10-38-30-18-32-28(16-26(30)22(3)20-36(38,5)6)34(24-14-12-13-15-25(24)35(40)41-9)29-17-27-23(4)21-37(7,8)39(11-2)31(27)19-33(29)42-32;2-1(3,4)5/h12-21H,10-11H2,1-9H3;(H,2,3,4,5)/q+1;/p-1. The summed E-state index contributed by atoms with van der Waals surface area (Å²) < 4.78 is 48.5. The third kappa shape index (κ3) is 6.34. The second-order valence-corrected chi connectivity index (χ2v) is 13.8. The number of hydrogen-bond donors (Lipinski definition) is 0. The largest absolute Gasteiger partial charge is 0.465 e. The van der Waals surface area contributed by atoms with Crippen molar-refractivity contribution >= 4 is 28.4 Å². The molecule has 3 aliphatic rings. The zero-order chi connectivity index (χ0) is 34.6. The van der Waals surface area contributed by atoms with Gasteiger partial charge >= 0.3 is 5.97 Å². The van der Waals surface area contributed by atoms with Gasteiger partial charge in [-0.25, -0.2) is 28.0 Å². The van der Waals surface area contributed by atoms with Crippen molar-refractivity contribution in [3.05, 3.63) is 99.1 Å². The number of allylic oxidation sites excluding steroid dienone is 2. The molecular weight excluding hydrogens is 620 g/mol. The minimum absolute atomic E-state index is 0.118. The Morgan fingerprint density at radius 1 is 0.872 bits per heavy atom. The maximum absolute atomic E-state index is 13.1. The van der Waals surface area contributed by atoms with E-state index in [1.165, 1.54) is 40.4 Å². The first-order chi connectivity index (χ1) is 21.9. The van der Waals surface area contributed by atoms with Crippen LogP contribution in [-0.4, -0.2) is 37.2 Å². The Kier molecular flexibility index (Phi) is 8.94. The summed E-state index contributed by atoms with van der Waals surface area (Å²) in [7, 11) is -3.51. The van der Waals surface area contributed by atoms with Crippen molar-refractivity contribution in [1.82, 2.24) is 4.58 Å². The molecule has 0 aromatic heterocycles. The van der Waals surface area contributed by atoms with Crippen LogP contribution in [-0.2, 0) is 4.74 Å². The molecule has 248 valence electrons. The molecule has 0 radical (unpaired) electrons. The van der Waals surface area contributed by atoms with Gasteiger partial charge in [0.05, 0.1) is 24.3 Å². The minimum Gasteiger partial charge on any atom is -0.465 e. The first kappa shape index (κ1) is 34.3. The molecule has 47 heavy (non-hydrogen) atoms. The summed E-state index contributed by atoms with van der Waals surface area (Å²) in [4.78, 5) is 15.5. The molecule has 0 atom stereocenters. The Morgan fingerprint density at radius 3 is 2.13 bits per heavy atom. The lowest BCUT2D eigenvalue weighted by Gasteiger charge is -2.43.